The number of ether oxygens (including phenoxy) is 1. The van der Waals surface area contributed by atoms with E-state index < -0.39 is 0 Å². The van der Waals surface area contributed by atoms with Gasteiger partial charge in [0.1, 0.15) is 11.4 Å². The van der Waals surface area contributed by atoms with Crippen molar-refractivity contribution in [3.05, 3.63) is 28.8 Å². The number of hydrogen-bond donors (Lipinski definition) is 1. The van der Waals surface area contributed by atoms with Gasteiger partial charge in [-0.3, -0.25) is 0 Å². The van der Waals surface area contributed by atoms with Gasteiger partial charge in [-0.25, -0.2) is 0 Å². The Labute approximate surface area is 109 Å². The number of hydrogen-bond acceptors (Lipinski definition) is 2. The van der Waals surface area contributed by atoms with E-state index in [1.807, 2.05) is 25.1 Å². The molecule has 0 fully saturated rings. The van der Waals surface area contributed by atoms with Gasteiger partial charge in [0, 0.05) is 6.54 Å². The molecular weight excluding hydrogens is 234 g/mol. The van der Waals surface area contributed by atoms with Crippen LogP contribution in [0, 0.1) is 6.92 Å². The van der Waals surface area contributed by atoms with Gasteiger partial charge in [0.15, 0.2) is 0 Å². The van der Waals surface area contributed by atoms with Crippen LogP contribution in [0.3, 0.4) is 0 Å². The summed E-state index contributed by atoms with van der Waals surface area (Å²) >= 11 is 6.12. The Morgan fingerprint density at radius 2 is 2.06 bits per heavy atom. The molecular formula is C14H22ClNO. The Morgan fingerprint density at radius 3 is 2.71 bits per heavy atom. The smallest absolute Gasteiger partial charge is 0.139 e. The third-order valence-corrected chi connectivity index (χ3v) is 2.76. The molecule has 0 heterocycles. The van der Waals surface area contributed by atoms with Crippen molar-refractivity contribution in [2.24, 2.45) is 0 Å². The molecule has 0 atom stereocenters. The molecule has 1 rings (SSSR count). The van der Waals surface area contributed by atoms with E-state index in [-0.39, 0.29) is 5.60 Å². The number of halogens is 1. The van der Waals surface area contributed by atoms with Gasteiger partial charge in [0.2, 0.25) is 0 Å². The highest BCUT2D eigenvalue weighted by atomic mass is 35.5. The summed E-state index contributed by atoms with van der Waals surface area (Å²) in [7, 11) is 0. The first-order chi connectivity index (χ1) is 7.94. The maximum atomic E-state index is 6.12. The van der Waals surface area contributed by atoms with Crippen LogP contribution in [0.4, 0.5) is 0 Å². The Morgan fingerprint density at radius 1 is 1.35 bits per heavy atom. The summed E-state index contributed by atoms with van der Waals surface area (Å²) in [6.45, 7) is 10.1. The molecule has 96 valence electrons. The van der Waals surface area contributed by atoms with Gasteiger partial charge >= 0.3 is 0 Å². The quantitative estimate of drug-likeness (QED) is 0.781. The lowest BCUT2D eigenvalue weighted by molar-refractivity contribution is 0.108. The van der Waals surface area contributed by atoms with E-state index in [4.69, 9.17) is 16.3 Å². The van der Waals surface area contributed by atoms with Crippen LogP contribution in [-0.2, 0) is 0 Å². The summed E-state index contributed by atoms with van der Waals surface area (Å²) in [5.74, 6) is 0.759. The van der Waals surface area contributed by atoms with Crippen molar-refractivity contribution in [1.82, 2.24) is 5.32 Å². The molecule has 0 saturated heterocycles. The number of nitrogens with one attached hydrogen (secondary N) is 1. The minimum absolute atomic E-state index is 0.257. The minimum atomic E-state index is -0.257. The topological polar surface area (TPSA) is 21.3 Å². The molecule has 1 N–H and O–H groups in total. The van der Waals surface area contributed by atoms with Crippen LogP contribution in [0.1, 0.15) is 32.8 Å². The van der Waals surface area contributed by atoms with Gasteiger partial charge < -0.3 is 10.1 Å². The highest BCUT2D eigenvalue weighted by Gasteiger charge is 2.20. The molecule has 0 aliphatic heterocycles. The van der Waals surface area contributed by atoms with Crippen molar-refractivity contribution in [2.75, 3.05) is 13.1 Å². The first kappa shape index (κ1) is 14.3. The minimum Gasteiger partial charge on any atom is -0.485 e. The largest absolute Gasteiger partial charge is 0.485 e. The maximum absolute atomic E-state index is 6.12. The van der Waals surface area contributed by atoms with Gasteiger partial charge in [-0.15, -0.1) is 0 Å². The van der Waals surface area contributed by atoms with E-state index in [2.05, 4.69) is 26.1 Å². The van der Waals surface area contributed by atoms with Crippen molar-refractivity contribution in [2.45, 2.75) is 39.7 Å². The fraction of sp³-hybridized carbons (Fsp3) is 0.571. The first-order valence-electron chi connectivity index (χ1n) is 6.10. The number of rotatable bonds is 6. The van der Waals surface area contributed by atoms with E-state index in [0.29, 0.717) is 5.02 Å². The zero-order valence-corrected chi connectivity index (χ0v) is 11.9. The van der Waals surface area contributed by atoms with E-state index in [1.165, 1.54) is 0 Å². The molecule has 17 heavy (non-hydrogen) atoms. The van der Waals surface area contributed by atoms with E-state index >= 15 is 0 Å². The third kappa shape index (κ3) is 4.97. The fourth-order valence-electron chi connectivity index (χ4n) is 1.59. The van der Waals surface area contributed by atoms with Crippen molar-refractivity contribution >= 4 is 11.6 Å². The summed E-state index contributed by atoms with van der Waals surface area (Å²) in [4.78, 5) is 0. The van der Waals surface area contributed by atoms with Gasteiger partial charge in [-0.05, 0) is 51.4 Å². The van der Waals surface area contributed by atoms with E-state index in [9.17, 15) is 0 Å². The summed E-state index contributed by atoms with van der Waals surface area (Å²) < 4.78 is 5.97. The predicted octanol–water partition coefficient (Wildman–Crippen LogP) is 3.81. The predicted molar refractivity (Wildman–Crippen MR) is 74.1 cm³/mol. The van der Waals surface area contributed by atoms with E-state index in [0.717, 1.165) is 30.8 Å². The average molecular weight is 256 g/mol. The van der Waals surface area contributed by atoms with Gasteiger partial charge in [-0.2, -0.15) is 0 Å². The van der Waals surface area contributed by atoms with Crippen molar-refractivity contribution in [3.63, 3.8) is 0 Å². The highest BCUT2D eigenvalue weighted by Crippen LogP contribution is 2.28. The number of benzene rings is 1. The van der Waals surface area contributed by atoms with Crippen LogP contribution in [0.2, 0.25) is 5.02 Å². The van der Waals surface area contributed by atoms with Crippen LogP contribution < -0.4 is 10.1 Å². The maximum Gasteiger partial charge on any atom is 0.139 e. The molecule has 0 saturated carbocycles. The second kappa shape index (κ2) is 6.27. The van der Waals surface area contributed by atoms with Crippen LogP contribution in [0.5, 0.6) is 5.75 Å². The zero-order valence-electron chi connectivity index (χ0n) is 11.1. The van der Waals surface area contributed by atoms with Crippen molar-refractivity contribution in [1.29, 1.82) is 0 Å². The van der Waals surface area contributed by atoms with Crippen molar-refractivity contribution in [3.8, 4) is 5.75 Å². The molecule has 1 aromatic carbocycles. The molecule has 0 bridgehead atoms. The molecule has 0 radical (unpaired) electrons. The Balaban J connectivity index is 2.65. The molecule has 0 amide bonds. The zero-order chi connectivity index (χ0) is 12.9. The van der Waals surface area contributed by atoms with Gasteiger partial charge in [0.05, 0.1) is 5.02 Å². The molecule has 0 aromatic heterocycles. The lowest BCUT2D eigenvalue weighted by atomic mass is 10.1. The highest BCUT2D eigenvalue weighted by molar-refractivity contribution is 6.32. The molecule has 3 heteroatoms. The third-order valence-electron chi connectivity index (χ3n) is 2.45. The lowest BCUT2D eigenvalue weighted by Crippen LogP contribution is -2.40. The second-order valence-electron chi connectivity index (χ2n) is 4.97. The van der Waals surface area contributed by atoms with Crippen LogP contribution in [-0.4, -0.2) is 18.7 Å². The normalized spacial score (nSPS) is 11.6. The second-order valence-corrected chi connectivity index (χ2v) is 5.38. The Kier molecular flexibility index (Phi) is 5.29. The Hall–Kier alpha value is -0.730. The van der Waals surface area contributed by atoms with Crippen LogP contribution >= 0.6 is 11.6 Å². The van der Waals surface area contributed by atoms with Gasteiger partial charge in [-0.1, -0.05) is 24.6 Å². The van der Waals surface area contributed by atoms with Crippen LogP contribution in [0.15, 0.2) is 18.2 Å². The molecule has 0 aliphatic carbocycles. The van der Waals surface area contributed by atoms with E-state index in [1.54, 1.807) is 0 Å². The summed E-state index contributed by atoms with van der Waals surface area (Å²) in [5.41, 5.74) is 0.897. The summed E-state index contributed by atoms with van der Waals surface area (Å²) in [5, 5.41) is 4.03. The lowest BCUT2D eigenvalue weighted by Gasteiger charge is -2.27. The van der Waals surface area contributed by atoms with Crippen LogP contribution in [0.25, 0.3) is 0 Å². The number of aryl methyl sites for hydroxylation is 1. The summed E-state index contributed by atoms with van der Waals surface area (Å²) in [6.07, 6.45) is 1.13. The molecule has 0 spiro atoms. The Bertz CT molecular complexity index is 363. The summed E-state index contributed by atoms with van der Waals surface area (Å²) in [6, 6.07) is 5.84. The SMILES string of the molecule is CCCNCC(C)(C)Oc1cc(C)ccc1Cl. The van der Waals surface area contributed by atoms with Gasteiger partial charge in [0.25, 0.3) is 0 Å². The first-order valence-corrected chi connectivity index (χ1v) is 6.48. The fourth-order valence-corrected chi connectivity index (χ4v) is 1.74. The molecule has 0 aliphatic rings. The molecule has 1 aromatic rings. The monoisotopic (exact) mass is 255 g/mol. The average Bonchev–Trinajstić information content (AvgIpc) is 2.23. The molecule has 0 unspecified atom stereocenters. The molecule has 2 nitrogen and oxygen atoms in total. The van der Waals surface area contributed by atoms with Crippen molar-refractivity contribution < 1.29 is 4.74 Å². The standard InChI is InChI=1S/C14H22ClNO/c1-5-8-16-10-14(3,4)17-13-9-11(2)6-7-12(13)15/h6-7,9,16H,5,8,10H2,1-4H3.